The third kappa shape index (κ3) is 2.80. The van der Waals surface area contributed by atoms with E-state index >= 15 is 0 Å². The van der Waals surface area contributed by atoms with E-state index in [9.17, 15) is 10.1 Å². The molecule has 0 aliphatic heterocycles. The zero-order valence-electron chi connectivity index (χ0n) is 13.5. The van der Waals surface area contributed by atoms with E-state index in [-0.39, 0.29) is 17.0 Å². The number of aryl methyl sites for hydroxylation is 1. The first-order valence-corrected chi connectivity index (χ1v) is 7.90. The number of benzene rings is 1. The summed E-state index contributed by atoms with van der Waals surface area (Å²) in [6.07, 6.45) is 2.91. The molecule has 1 aromatic carbocycles. The van der Waals surface area contributed by atoms with Crippen molar-refractivity contribution >= 4 is 0 Å². The van der Waals surface area contributed by atoms with Crippen LogP contribution in [0.2, 0.25) is 0 Å². The van der Waals surface area contributed by atoms with E-state index < -0.39 is 0 Å². The number of pyridine rings is 1. The second-order valence-electron chi connectivity index (χ2n) is 6.12. The second kappa shape index (κ2) is 6.39. The third-order valence-corrected chi connectivity index (χ3v) is 4.56. The molecule has 1 N–H and O–H groups in total. The van der Waals surface area contributed by atoms with E-state index in [4.69, 9.17) is 4.74 Å². The maximum absolute atomic E-state index is 12.4. The summed E-state index contributed by atoms with van der Waals surface area (Å²) in [5.74, 6) is 0.188. The third-order valence-electron chi connectivity index (χ3n) is 4.56. The fourth-order valence-electron chi connectivity index (χ4n) is 3.45. The highest BCUT2D eigenvalue weighted by atomic mass is 16.5. The zero-order chi connectivity index (χ0) is 16.4. The lowest BCUT2D eigenvalue weighted by atomic mass is 9.82. The number of nitrogens with zero attached hydrogens (tertiary/aromatic N) is 1. The maximum Gasteiger partial charge on any atom is 0.266 e. The molecule has 1 aliphatic rings. The van der Waals surface area contributed by atoms with Gasteiger partial charge in [0.15, 0.2) is 0 Å². The van der Waals surface area contributed by atoms with Crippen molar-refractivity contribution in [2.75, 3.05) is 13.7 Å². The van der Waals surface area contributed by atoms with Crippen molar-refractivity contribution < 1.29 is 4.74 Å². The second-order valence-corrected chi connectivity index (χ2v) is 6.12. The lowest BCUT2D eigenvalue weighted by molar-refractivity contribution is 0.171. The number of nitrogens with one attached hydrogen (secondary N) is 1. The summed E-state index contributed by atoms with van der Waals surface area (Å²) in [5.41, 5.74) is 4.84. The zero-order valence-corrected chi connectivity index (χ0v) is 13.5. The van der Waals surface area contributed by atoms with E-state index in [0.717, 1.165) is 47.2 Å². The highest BCUT2D eigenvalue weighted by molar-refractivity contribution is 5.75. The average molecular weight is 308 g/mol. The number of aromatic nitrogens is 1. The smallest absolute Gasteiger partial charge is 0.266 e. The van der Waals surface area contributed by atoms with Gasteiger partial charge >= 0.3 is 0 Å². The van der Waals surface area contributed by atoms with Gasteiger partial charge in [0.2, 0.25) is 0 Å². The molecule has 0 saturated heterocycles. The minimum absolute atomic E-state index is 0.188. The topological polar surface area (TPSA) is 65.9 Å². The van der Waals surface area contributed by atoms with Crippen LogP contribution in [0.5, 0.6) is 0 Å². The van der Waals surface area contributed by atoms with Gasteiger partial charge in [0.05, 0.1) is 6.61 Å². The number of H-pyrrole nitrogens is 1. The van der Waals surface area contributed by atoms with Gasteiger partial charge < -0.3 is 9.72 Å². The average Bonchev–Trinajstić information content (AvgIpc) is 2.55. The molecule has 2 aromatic rings. The normalized spacial score (nSPS) is 16.7. The predicted molar refractivity (Wildman–Crippen MR) is 89.5 cm³/mol. The molecule has 4 nitrogen and oxygen atoms in total. The number of rotatable bonds is 3. The van der Waals surface area contributed by atoms with Gasteiger partial charge in [0.1, 0.15) is 11.6 Å². The molecule has 1 aromatic heterocycles. The van der Waals surface area contributed by atoms with Crippen molar-refractivity contribution in [3.63, 3.8) is 0 Å². The Balaban J connectivity index is 2.27. The van der Waals surface area contributed by atoms with E-state index in [1.807, 2.05) is 31.2 Å². The Bertz CT molecular complexity index is 813. The van der Waals surface area contributed by atoms with Crippen LogP contribution in [-0.4, -0.2) is 18.7 Å². The predicted octanol–water partition coefficient (Wildman–Crippen LogP) is 3.29. The van der Waals surface area contributed by atoms with E-state index in [1.165, 1.54) is 0 Å². The SMILES string of the molecule is COCC1CCCc2c1[nH]c(=O)c(C#N)c2-c1ccc(C)cc1. The van der Waals surface area contributed by atoms with Crippen molar-refractivity contribution in [2.24, 2.45) is 0 Å². The first-order chi connectivity index (χ1) is 11.2. The van der Waals surface area contributed by atoms with Gasteiger partial charge in [-0.05, 0) is 37.3 Å². The number of nitriles is 1. The van der Waals surface area contributed by atoms with Gasteiger partial charge in [0.25, 0.3) is 5.56 Å². The lowest BCUT2D eigenvalue weighted by Gasteiger charge is -2.27. The van der Waals surface area contributed by atoms with Crippen LogP contribution < -0.4 is 5.56 Å². The Morgan fingerprint density at radius 1 is 1.35 bits per heavy atom. The molecule has 0 saturated carbocycles. The van der Waals surface area contributed by atoms with Crippen LogP contribution in [0, 0.1) is 18.3 Å². The number of hydrogen-bond acceptors (Lipinski definition) is 3. The fourth-order valence-corrected chi connectivity index (χ4v) is 3.45. The first kappa shape index (κ1) is 15.5. The molecule has 3 rings (SSSR count). The molecular weight excluding hydrogens is 288 g/mol. The van der Waals surface area contributed by atoms with Gasteiger partial charge in [-0.1, -0.05) is 29.8 Å². The summed E-state index contributed by atoms with van der Waals surface area (Å²) >= 11 is 0. The minimum Gasteiger partial charge on any atom is -0.384 e. The van der Waals surface area contributed by atoms with Crippen LogP contribution in [0.4, 0.5) is 0 Å². The Labute approximate surface area is 135 Å². The Kier molecular flexibility index (Phi) is 4.31. The number of aromatic amines is 1. The number of ether oxygens (including phenoxy) is 1. The van der Waals surface area contributed by atoms with E-state index in [2.05, 4.69) is 11.1 Å². The number of fused-ring (bicyclic) bond motifs is 1. The molecule has 0 amide bonds. The highest BCUT2D eigenvalue weighted by Gasteiger charge is 2.27. The molecule has 118 valence electrons. The molecular formula is C19H20N2O2. The Hall–Kier alpha value is -2.38. The summed E-state index contributed by atoms with van der Waals surface area (Å²) in [6, 6.07) is 10.1. The highest BCUT2D eigenvalue weighted by Crippen LogP contribution is 2.37. The molecule has 1 unspecified atom stereocenters. The summed E-state index contributed by atoms with van der Waals surface area (Å²) in [7, 11) is 1.68. The molecule has 0 fully saturated rings. The molecule has 1 atom stereocenters. The largest absolute Gasteiger partial charge is 0.384 e. The molecule has 1 aliphatic carbocycles. The van der Waals surface area contributed by atoms with Crippen molar-refractivity contribution in [2.45, 2.75) is 32.1 Å². The molecule has 0 spiro atoms. The number of methoxy groups -OCH3 is 1. The summed E-state index contributed by atoms with van der Waals surface area (Å²) in [4.78, 5) is 15.4. The van der Waals surface area contributed by atoms with Gasteiger partial charge in [-0.2, -0.15) is 5.26 Å². The van der Waals surface area contributed by atoms with Crippen molar-refractivity contribution in [3.8, 4) is 17.2 Å². The Morgan fingerprint density at radius 3 is 2.74 bits per heavy atom. The van der Waals surface area contributed by atoms with E-state index in [0.29, 0.717) is 6.61 Å². The van der Waals surface area contributed by atoms with Crippen molar-refractivity contribution in [1.82, 2.24) is 4.98 Å². The first-order valence-electron chi connectivity index (χ1n) is 7.90. The minimum atomic E-state index is -0.301. The van der Waals surface area contributed by atoms with Crippen molar-refractivity contribution in [1.29, 1.82) is 5.26 Å². The van der Waals surface area contributed by atoms with Gasteiger partial charge in [-0.15, -0.1) is 0 Å². The molecule has 23 heavy (non-hydrogen) atoms. The monoisotopic (exact) mass is 308 g/mol. The maximum atomic E-state index is 12.4. The van der Waals surface area contributed by atoms with Crippen LogP contribution in [0.15, 0.2) is 29.1 Å². The Morgan fingerprint density at radius 2 is 2.09 bits per heavy atom. The van der Waals surface area contributed by atoms with Gasteiger partial charge in [-0.3, -0.25) is 4.79 Å². The standard InChI is InChI=1S/C19H20N2O2/c1-12-6-8-13(9-7-12)17-15-5-3-4-14(11-23-2)18(15)21-19(22)16(17)10-20/h6-9,14H,3-5,11H2,1-2H3,(H,21,22). The molecule has 4 heteroatoms. The van der Waals surface area contributed by atoms with Crippen LogP contribution in [0.25, 0.3) is 11.1 Å². The molecule has 1 heterocycles. The van der Waals surface area contributed by atoms with E-state index in [1.54, 1.807) is 7.11 Å². The van der Waals surface area contributed by atoms with Crippen LogP contribution in [0.1, 0.15) is 41.1 Å². The molecule has 0 radical (unpaired) electrons. The number of hydrogen-bond donors (Lipinski definition) is 1. The molecule has 0 bridgehead atoms. The van der Waals surface area contributed by atoms with Gasteiger partial charge in [0, 0.05) is 24.3 Å². The van der Waals surface area contributed by atoms with Crippen LogP contribution in [0.3, 0.4) is 0 Å². The summed E-state index contributed by atoms with van der Waals surface area (Å²) in [5, 5.41) is 9.49. The summed E-state index contributed by atoms with van der Waals surface area (Å²) in [6.45, 7) is 2.61. The quantitative estimate of drug-likeness (QED) is 0.946. The fraction of sp³-hybridized carbons (Fsp3) is 0.368. The van der Waals surface area contributed by atoms with Crippen molar-refractivity contribution in [3.05, 3.63) is 57.0 Å². The van der Waals surface area contributed by atoms with Crippen LogP contribution >= 0.6 is 0 Å². The lowest BCUT2D eigenvalue weighted by Crippen LogP contribution is -2.24. The van der Waals surface area contributed by atoms with Gasteiger partial charge in [-0.25, -0.2) is 0 Å². The summed E-state index contributed by atoms with van der Waals surface area (Å²) < 4.78 is 5.31. The van der Waals surface area contributed by atoms with Crippen LogP contribution in [-0.2, 0) is 11.2 Å².